The smallest absolute Gasteiger partial charge is 0.305 e. The normalized spacial score (nSPS) is 27.6. The second kappa shape index (κ2) is 8.60. The topological polar surface area (TPSA) is 132 Å². The molecule has 29 heavy (non-hydrogen) atoms. The van der Waals surface area contributed by atoms with E-state index in [1.165, 1.54) is 25.5 Å². The van der Waals surface area contributed by atoms with Crippen LogP contribution in [0.4, 0.5) is 5.82 Å². The van der Waals surface area contributed by atoms with E-state index < -0.39 is 24.5 Å². The van der Waals surface area contributed by atoms with Crippen molar-refractivity contribution in [2.24, 2.45) is 0 Å². The van der Waals surface area contributed by atoms with Gasteiger partial charge in [-0.1, -0.05) is 19.8 Å². The lowest BCUT2D eigenvalue weighted by Crippen LogP contribution is -2.34. The lowest BCUT2D eigenvalue weighted by Gasteiger charge is -2.17. The molecule has 4 atom stereocenters. The van der Waals surface area contributed by atoms with E-state index in [2.05, 4.69) is 20.3 Å². The molecule has 4 rings (SSSR count). The minimum atomic E-state index is -1.21. The van der Waals surface area contributed by atoms with Gasteiger partial charge in [-0.25, -0.2) is 15.0 Å². The molecule has 158 valence electrons. The van der Waals surface area contributed by atoms with Crippen LogP contribution in [0.15, 0.2) is 12.7 Å². The van der Waals surface area contributed by atoms with E-state index >= 15 is 0 Å². The second-order valence-corrected chi connectivity index (χ2v) is 7.65. The number of carbonyl (C=O) groups excluding carboxylic acids is 1. The van der Waals surface area contributed by atoms with Crippen LogP contribution in [0.2, 0.25) is 0 Å². The number of aromatic nitrogens is 4. The summed E-state index contributed by atoms with van der Waals surface area (Å²) in [5, 5.41) is 24.3. The number of hydrogen-bond acceptors (Lipinski definition) is 9. The average molecular weight is 405 g/mol. The van der Waals surface area contributed by atoms with Crippen LogP contribution in [0.3, 0.4) is 0 Å². The minimum Gasteiger partial charge on any atom is -0.463 e. The van der Waals surface area contributed by atoms with Gasteiger partial charge in [-0.05, 0) is 19.3 Å². The molecule has 1 saturated carbocycles. The van der Waals surface area contributed by atoms with Crippen LogP contribution in [-0.4, -0.2) is 66.7 Å². The Morgan fingerprint density at radius 1 is 1.28 bits per heavy atom. The van der Waals surface area contributed by atoms with Gasteiger partial charge in [0.1, 0.15) is 31.2 Å². The Morgan fingerprint density at radius 2 is 2.07 bits per heavy atom. The molecule has 1 aliphatic heterocycles. The Bertz CT molecular complexity index is 853. The molecule has 0 aromatic carbocycles. The van der Waals surface area contributed by atoms with Crippen molar-refractivity contribution in [1.29, 1.82) is 0 Å². The molecule has 1 aliphatic carbocycles. The fourth-order valence-electron chi connectivity index (χ4n) is 3.96. The Labute approximate surface area is 168 Å². The summed E-state index contributed by atoms with van der Waals surface area (Å²) < 4.78 is 12.5. The number of ether oxygens (including phenoxy) is 2. The van der Waals surface area contributed by atoms with E-state index in [1.54, 1.807) is 4.57 Å². The van der Waals surface area contributed by atoms with Gasteiger partial charge in [-0.3, -0.25) is 9.36 Å². The zero-order chi connectivity index (χ0) is 20.4. The highest BCUT2D eigenvalue weighted by Crippen LogP contribution is 2.33. The molecule has 0 bridgehead atoms. The lowest BCUT2D eigenvalue weighted by atomic mass is 10.1. The van der Waals surface area contributed by atoms with Crippen LogP contribution in [0.25, 0.3) is 11.2 Å². The van der Waals surface area contributed by atoms with Crippen molar-refractivity contribution >= 4 is 23.0 Å². The molecule has 2 aromatic heterocycles. The summed E-state index contributed by atoms with van der Waals surface area (Å²) in [4.78, 5) is 24.6. The third kappa shape index (κ3) is 4.05. The Balaban J connectivity index is 1.51. The van der Waals surface area contributed by atoms with Crippen molar-refractivity contribution < 1.29 is 24.5 Å². The SMILES string of the molecule is CCCC(=O)OCC1OC(n2cnc3c(NC4CCCC4)ncnc32)C(O)C1O. The highest BCUT2D eigenvalue weighted by Gasteiger charge is 2.45. The van der Waals surface area contributed by atoms with Crippen molar-refractivity contribution in [1.82, 2.24) is 19.5 Å². The number of esters is 1. The summed E-state index contributed by atoms with van der Waals surface area (Å²) >= 11 is 0. The predicted molar refractivity (Wildman–Crippen MR) is 103 cm³/mol. The van der Waals surface area contributed by atoms with Crippen molar-refractivity contribution in [2.75, 3.05) is 11.9 Å². The quantitative estimate of drug-likeness (QED) is 0.580. The van der Waals surface area contributed by atoms with Gasteiger partial charge in [-0.2, -0.15) is 0 Å². The molecular weight excluding hydrogens is 378 g/mol. The van der Waals surface area contributed by atoms with Crippen molar-refractivity contribution in [3.8, 4) is 0 Å². The standard InChI is InChI=1S/C19H27N5O5/c1-2-5-13(25)28-8-12-15(26)16(27)19(29-12)24-10-22-14-17(20-9-21-18(14)24)23-11-6-3-4-7-11/h9-12,15-16,19,26-27H,2-8H2,1H3,(H,20,21,23). The lowest BCUT2D eigenvalue weighted by molar-refractivity contribution is -0.150. The van der Waals surface area contributed by atoms with E-state index in [0.29, 0.717) is 35.9 Å². The zero-order valence-electron chi connectivity index (χ0n) is 16.4. The summed E-state index contributed by atoms with van der Waals surface area (Å²) in [6.07, 6.45) is 4.42. The summed E-state index contributed by atoms with van der Waals surface area (Å²) in [5.41, 5.74) is 1.09. The number of fused-ring (bicyclic) bond motifs is 1. The van der Waals surface area contributed by atoms with E-state index in [4.69, 9.17) is 9.47 Å². The molecule has 1 saturated heterocycles. The van der Waals surface area contributed by atoms with Crippen molar-refractivity contribution in [2.45, 2.75) is 76.0 Å². The number of carbonyl (C=O) groups is 1. The van der Waals surface area contributed by atoms with Crippen molar-refractivity contribution in [3.05, 3.63) is 12.7 Å². The molecule has 3 heterocycles. The third-order valence-electron chi connectivity index (χ3n) is 5.53. The molecule has 10 nitrogen and oxygen atoms in total. The maximum absolute atomic E-state index is 11.6. The maximum Gasteiger partial charge on any atom is 0.305 e. The second-order valence-electron chi connectivity index (χ2n) is 7.65. The van der Waals surface area contributed by atoms with Gasteiger partial charge in [-0.15, -0.1) is 0 Å². The molecule has 4 unspecified atom stereocenters. The first-order valence-electron chi connectivity index (χ1n) is 10.2. The van der Waals surface area contributed by atoms with Gasteiger partial charge >= 0.3 is 5.97 Å². The van der Waals surface area contributed by atoms with Gasteiger partial charge in [0.15, 0.2) is 23.2 Å². The number of imidazole rings is 1. The van der Waals surface area contributed by atoms with Crippen LogP contribution in [0.5, 0.6) is 0 Å². The summed E-state index contributed by atoms with van der Waals surface area (Å²) in [6, 6.07) is 0.371. The minimum absolute atomic E-state index is 0.121. The number of aliphatic hydroxyl groups is 2. The van der Waals surface area contributed by atoms with E-state index in [-0.39, 0.29) is 12.6 Å². The Morgan fingerprint density at radius 3 is 2.83 bits per heavy atom. The molecule has 10 heteroatoms. The zero-order valence-corrected chi connectivity index (χ0v) is 16.4. The molecular formula is C19H27N5O5. The number of anilines is 1. The molecule has 2 fully saturated rings. The predicted octanol–water partition coefficient (Wildman–Crippen LogP) is 1.14. The first kappa shape index (κ1) is 20.0. The number of hydrogen-bond donors (Lipinski definition) is 3. The Hall–Kier alpha value is -2.30. The van der Waals surface area contributed by atoms with Crippen LogP contribution in [-0.2, 0) is 14.3 Å². The maximum atomic E-state index is 11.6. The molecule has 0 amide bonds. The average Bonchev–Trinajstić information content (AvgIpc) is 3.43. The molecule has 2 aliphatic rings. The number of nitrogens with zero attached hydrogens (tertiary/aromatic N) is 4. The summed E-state index contributed by atoms with van der Waals surface area (Å²) in [7, 11) is 0. The van der Waals surface area contributed by atoms with Gasteiger partial charge in [0.2, 0.25) is 0 Å². The number of nitrogens with one attached hydrogen (secondary N) is 1. The summed E-state index contributed by atoms with van der Waals surface area (Å²) in [6.45, 7) is 1.76. The fraction of sp³-hybridized carbons (Fsp3) is 0.684. The van der Waals surface area contributed by atoms with Crippen molar-refractivity contribution in [3.63, 3.8) is 0 Å². The molecule has 3 N–H and O–H groups in total. The Kier molecular flexibility index (Phi) is 5.93. The highest BCUT2D eigenvalue weighted by molar-refractivity contribution is 5.82. The number of rotatable bonds is 7. The fourth-order valence-corrected chi connectivity index (χ4v) is 3.96. The monoisotopic (exact) mass is 405 g/mol. The first-order chi connectivity index (χ1) is 14.1. The number of aliphatic hydroxyl groups excluding tert-OH is 2. The van der Waals surface area contributed by atoms with Gasteiger partial charge in [0.05, 0.1) is 6.33 Å². The van der Waals surface area contributed by atoms with Crippen LogP contribution in [0, 0.1) is 0 Å². The van der Waals surface area contributed by atoms with Crippen LogP contribution in [0.1, 0.15) is 51.7 Å². The molecule has 0 radical (unpaired) electrons. The molecule has 0 spiro atoms. The van der Waals surface area contributed by atoms with Crippen LogP contribution >= 0.6 is 0 Å². The van der Waals surface area contributed by atoms with Crippen LogP contribution < -0.4 is 5.32 Å². The van der Waals surface area contributed by atoms with E-state index in [1.807, 2.05) is 6.92 Å². The van der Waals surface area contributed by atoms with E-state index in [9.17, 15) is 15.0 Å². The largest absolute Gasteiger partial charge is 0.463 e. The van der Waals surface area contributed by atoms with Gasteiger partial charge in [0.25, 0.3) is 0 Å². The third-order valence-corrected chi connectivity index (χ3v) is 5.53. The molecule has 2 aromatic rings. The van der Waals surface area contributed by atoms with Gasteiger partial charge in [0, 0.05) is 12.5 Å². The highest BCUT2D eigenvalue weighted by atomic mass is 16.6. The van der Waals surface area contributed by atoms with E-state index in [0.717, 1.165) is 12.8 Å². The first-order valence-corrected chi connectivity index (χ1v) is 10.2. The van der Waals surface area contributed by atoms with Gasteiger partial charge < -0.3 is 25.0 Å². The summed E-state index contributed by atoms with van der Waals surface area (Å²) in [5.74, 6) is 0.295.